The number of urea groups is 1. The molecule has 0 aliphatic heterocycles. The van der Waals surface area contributed by atoms with Crippen molar-refractivity contribution in [3.05, 3.63) is 35.6 Å². The maximum atomic E-state index is 12.9. The van der Waals surface area contributed by atoms with Crippen LogP contribution in [0.4, 0.5) is 9.18 Å². The van der Waals surface area contributed by atoms with E-state index in [1.807, 2.05) is 13.8 Å². The number of nitrogens with one attached hydrogen (secondary N) is 3. The van der Waals surface area contributed by atoms with Gasteiger partial charge in [-0.3, -0.25) is 4.79 Å². The van der Waals surface area contributed by atoms with Gasteiger partial charge >= 0.3 is 6.03 Å². The first-order valence-corrected chi connectivity index (χ1v) is 8.69. The highest BCUT2D eigenvalue weighted by atomic mass is 19.1. The maximum absolute atomic E-state index is 12.9. The summed E-state index contributed by atoms with van der Waals surface area (Å²) in [4.78, 5) is 24.4. The van der Waals surface area contributed by atoms with Gasteiger partial charge in [0.05, 0.1) is 0 Å². The predicted octanol–water partition coefficient (Wildman–Crippen LogP) is 1.50. The smallest absolute Gasteiger partial charge is 0.315 e. The van der Waals surface area contributed by atoms with Crippen LogP contribution in [-0.4, -0.2) is 30.6 Å². The van der Waals surface area contributed by atoms with Crippen LogP contribution in [0.2, 0.25) is 0 Å². The van der Waals surface area contributed by atoms with Gasteiger partial charge in [-0.05, 0) is 42.4 Å². The number of hydrogen-bond acceptors (Lipinski definition) is 3. The molecule has 6 nitrogen and oxygen atoms in total. The molecule has 1 fully saturated rings. The fourth-order valence-corrected chi connectivity index (χ4v) is 2.53. The van der Waals surface area contributed by atoms with Gasteiger partial charge in [0.15, 0.2) is 0 Å². The van der Waals surface area contributed by atoms with Gasteiger partial charge in [0.2, 0.25) is 5.91 Å². The Bertz CT molecular complexity index is 587. The lowest BCUT2D eigenvalue weighted by Crippen LogP contribution is -2.54. The molecule has 2 atom stereocenters. The first-order chi connectivity index (χ1) is 11.9. The van der Waals surface area contributed by atoms with Gasteiger partial charge in [-0.15, -0.1) is 0 Å². The summed E-state index contributed by atoms with van der Waals surface area (Å²) in [5, 5.41) is 8.19. The van der Waals surface area contributed by atoms with E-state index >= 15 is 0 Å². The summed E-state index contributed by atoms with van der Waals surface area (Å²) in [7, 11) is 0. The third-order valence-corrected chi connectivity index (χ3v) is 4.34. The van der Waals surface area contributed by atoms with Crippen LogP contribution in [0.3, 0.4) is 0 Å². The van der Waals surface area contributed by atoms with E-state index in [1.165, 1.54) is 12.1 Å². The lowest BCUT2D eigenvalue weighted by molar-refractivity contribution is -0.123. The molecule has 1 aliphatic rings. The van der Waals surface area contributed by atoms with Crippen molar-refractivity contribution < 1.29 is 14.0 Å². The number of carbonyl (C=O) groups excluding carboxylic acids is 2. The Balaban J connectivity index is 1.79. The zero-order chi connectivity index (χ0) is 18.4. The normalized spacial score (nSPS) is 16.2. The molecule has 1 aromatic carbocycles. The monoisotopic (exact) mass is 350 g/mol. The lowest BCUT2D eigenvalue weighted by atomic mass is 10.0. The molecule has 1 saturated carbocycles. The van der Waals surface area contributed by atoms with Gasteiger partial charge in [-0.1, -0.05) is 26.0 Å². The molecule has 0 spiro atoms. The van der Waals surface area contributed by atoms with Gasteiger partial charge in [0, 0.05) is 19.1 Å². The number of halogens is 1. The Labute approximate surface area is 147 Å². The minimum Gasteiger partial charge on any atom is -0.353 e. The minimum absolute atomic E-state index is 0.0240. The van der Waals surface area contributed by atoms with Crippen LogP contribution in [0.5, 0.6) is 0 Å². The number of nitrogens with two attached hydrogens (primary N) is 1. The molecule has 25 heavy (non-hydrogen) atoms. The van der Waals surface area contributed by atoms with Crippen molar-refractivity contribution in [2.24, 2.45) is 17.6 Å². The molecule has 0 bridgehead atoms. The molecule has 3 amide bonds. The van der Waals surface area contributed by atoms with Crippen molar-refractivity contribution in [3.8, 4) is 0 Å². The van der Waals surface area contributed by atoms with Gasteiger partial charge in [0.1, 0.15) is 11.9 Å². The second-order valence-corrected chi connectivity index (χ2v) is 6.92. The molecule has 0 aromatic heterocycles. The van der Waals surface area contributed by atoms with Crippen molar-refractivity contribution in [3.63, 3.8) is 0 Å². The van der Waals surface area contributed by atoms with E-state index in [0.29, 0.717) is 12.5 Å². The fraction of sp³-hybridized carbons (Fsp3) is 0.556. The summed E-state index contributed by atoms with van der Waals surface area (Å²) in [5.41, 5.74) is 6.76. The van der Waals surface area contributed by atoms with E-state index in [1.54, 1.807) is 12.1 Å². The van der Waals surface area contributed by atoms with Crippen LogP contribution in [0.25, 0.3) is 0 Å². The zero-order valence-electron chi connectivity index (χ0n) is 14.7. The summed E-state index contributed by atoms with van der Waals surface area (Å²) in [5.74, 6) is -0.115. The highest BCUT2D eigenvalue weighted by Crippen LogP contribution is 2.31. The van der Waals surface area contributed by atoms with Crippen LogP contribution < -0.4 is 21.7 Å². The van der Waals surface area contributed by atoms with Crippen molar-refractivity contribution in [1.82, 2.24) is 16.0 Å². The molecule has 138 valence electrons. The Morgan fingerprint density at radius 3 is 2.40 bits per heavy atom. The standard InChI is InChI=1S/C18H27FN4O2/c1-11(2)16(17(24)21-10-15(20)13-5-6-13)23-18(25)22-9-12-3-7-14(19)8-4-12/h3-4,7-8,11,13,15-16H,5-6,9-10,20H2,1-2H3,(H,21,24)(H2,22,23,25). The summed E-state index contributed by atoms with van der Waals surface area (Å²) >= 11 is 0. The molecular formula is C18H27FN4O2. The molecular weight excluding hydrogens is 323 g/mol. The van der Waals surface area contributed by atoms with Crippen LogP contribution in [-0.2, 0) is 11.3 Å². The third-order valence-electron chi connectivity index (χ3n) is 4.34. The van der Waals surface area contributed by atoms with E-state index in [0.717, 1.165) is 18.4 Å². The second kappa shape index (κ2) is 8.80. The highest BCUT2D eigenvalue weighted by molar-refractivity contribution is 5.87. The number of rotatable bonds is 8. The van der Waals surface area contributed by atoms with Crippen LogP contribution >= 0.6 is 0 Å². The van der Waals surface area contributed by atoms with E-state index in [-0.39, 0.29) is 30.2 Å². The van der Waals surface area contributed by atoms with E-state index in [2.05, 4.69) is 16.0 Å². The SMILES string of the molecule is CC(C)C(NC(=O)NCc1ccc(F)cc1)C(=O)NCC(N)C1CC1. The molecule has 0 radical (unpaired) electrons. The summed E-state index contributed by atoms with van der Waals surface area (Å²) in [6.07, 6.45) is 2.24. The quantitative estimate of drug-likeness (QED) is 0.572. The Morgan fingerprint density at radius 2 is 1.84 bits per heavy atom. The first kappa shape index (κ1) is 19.2. The molecule has 0 saturated heterocycles. The number of carbonyl (C=O) groups is 2. The molecule has 2 unspecified atom stereocenters. The van der Waals surface area contributed by atoms with Crippen molar-refractivity contribution in [1.29, 1.82) is 0 Å². The zero-order valence-corrected chi connectivity index (χ0v) is 14.7. The van der Waals surface area contributed by atoms with Gasteiger partial charge in [0.25, 0.3) is 0 Å². The van der Waals surface area contributed by atoms with Crippen molar-refractivity contribution in [2.45, 2.75) is 45.3 Å². The van der Waals surface area contributed by atoms with Crippen LogP contribution in [0.15, 0.2) is 24.3 Å². The molecule has 0 heterocycles. The largest absolute Gasteiger partial charge is 0.353 e. The average molecular weight is 350 g/mol. The Morgan fingerprint density at radius 1 is 1.20 bits per heavy atom. The van der Waals surface area contributed by atoms with Crippen LogP contribution in [0, 0.1) is 17.7 Å². The number of hydrogen-bond donors (Lipinski definition) is 4. The molecule has 5 N–H and O–H groups in total. The van der Waals surface area contributed by atoms with Crippen LogP contribution in [0.1, 0.15) is 32.3 Å². The number of amides is 3. The maximum Gasteiger partial charge on any atom is 0.315 e. The van der Waals surface area contributed by atoms with Gasteiger partial charge in [-0.2, -0.15) is 0 Å². The molecule has 1 aromatic rings. The second-order valence-electron chi connectivity index (χ2n) is 6.92. The first-order valence-electron chi connectivity index (χ1n) is 8.69. The summed E-state index contributed by atoms with van der Waals surface area (Å²) in [6, 6.07) is 4.77. The Kier molecular flexibility index (Phi) is 6.75. The fourth-order valence-electron chi connectivity index (χ4n) is 2.53. The van der Waals surface area contributed by atoms with Crippen molar-refractivity contribution >= 4 is 11.9 Å². The van der Waals surface area contributed by atoms with Gasteiger partial charge < -0.3 is 21.7 Å². The summed E-state index contributed by atoms with van der Waals surface area (Å²) < 4.78 is 12.9. The van der Waals surface area contributed by atoms with Gasteiger partial charge in [-0.25, -0.2) is 9.18 Å². The van der Waals surface area contributed by atoms with E-state index < -0.39 is 12.1 Å². The molecule has 2 rings (SSSR count). The summed E-state index contributed by atoms with van der Waals surface area (Å²) in [6.45, 7) is 4.41. The van der Waals surface area contributed by atoms with Crippen molar-refractivity contribution in [2.75, 3.05) is 6.54 Å². The molecule has 7 heteroatoms. The number of benzene rings is 1. The topological polar surface area (TPSA) is 96.2 Å². The highest BCUT2D eigenvalue weighted by Gasteiger charge is 2.30. The average Bonchev–Trinajstić information content (AvgIpc) is 3.41. The third kappa shape index (κ3) is 6.34. The van der Waals surface area contributed by atoms with E-state index in [9.17, 15) is 14.0 Å². The minimum atomic E-state index is -0.639. The lowest BCUT2D eigenvalue weighted by Gasteiger charge is -2.23. The van der Waals surface area contributed by atoms with E-state index in [4.69, 9.17) is 5.73 Å². The Hall–Kier alpha value is -2.15. The predicted molar refractivity (Wildman–Crippen MR) is 94.1 cm³/mol. The molecule has 1 aliphatic carbocycles.